The summed E-state index contributed by atoms with van der Waals surface area (Å²) >= 11 is 4.73. The number of Topliss-reactive ketones (excluding diaryl/α,β-unsaturated/α-hetero) is 1. The maximum Gasteiger partial charge on any atom is 0.280 e. The second kappa shape index (κ2) is 9.39. The van der Waals surface area contributed by atoms with E-state index in [4.69, 9.17) is 0 Å². The molecule has 0 aliphatic heterocycles. The summed E-state index contributed by atoms with van der Waals surface area (Å²) in [5.74, 6) is -0.528. The zero-order chi connectivity index (χ0) is 23.5. The number of carbonyl (C=O) groups is 2. The predicted octanol–water partition coefficient (Wildman–Crippen LogP) is 5.85. The van der Waals surface area contributed by atoms with Gasteiger partial charge in [-0.25, -0.2) is 4.98 Å². The summed E-state index contributed by atoms with van der Waals surface area (Å²) < 4.78 is 1.76. The summed E-state index contributed by atoms with van der Waals surface area (Å²) in [5.41, 5.74) is 2.09. The van der Waals surface area contributed by atoms with Gasteiger partial charge in [0, 0.05) is 27.7 Å². The van der Waals surface area contributed by atoms with E-state index >= 15 is 0 Å². The van der Waals surface area contributed by atoms with Gasteiger partial charge in [-0.15, -0.1) is 0 Å². The van der Waals surface area contributed by atoms with E-state index in [1.807, 2.05) is 18.2 Å². The van der Waals surface area contributed by atoms with E-state index in [1.165, 1.54) is 41.6 Å². The Bertz CT molecular complexity index is 1400. The molecular weight excluding hydrogens is 508 g/mol. The monoisotopic (exact) mass is 522 g/mol. The predicted molar refractivity (Wildman–Crippen MR) is 131 cm³/mol. The molecule has 0 fully saturated rings. The Morgan fingerprint density at radius 3 is 2.36 bits per heavy atom. The number of fused-ring (bicyclic) bond motifs is 1. The Labute approximate surface area is 200 Å². The first-order valence-electron chi connectivity index (χ1n) is 9.62. The highest BCUT2D eigenvalue weighted by molar-refractivity contribution is 9.10. The molecule has 8 nitrogen and oxygen atoms in total. The molecule has 0 aliphatic carbocycles. The van der Waals surface area contributed by atoms with Crippen molar-refractivity contribution < 1.29 is 14.5 Å². The van der Waals surface area contributed by atoms with Gasteiger partial charge in [-0.1, -0.05) is 39.4 Å². The van der Waals surface area contributed by atoms with Crippen molar-refractivity contribution in [2.75, 3.05) is 5.01 Å². The van der Waals surface area contributed by atoms with Gasteiger partial charge in [-0.2, -0.15) is 10.1 Å². The Kier molecular flexibility index (Phi) is 6.38. The minimum atomic E-state index is -0.485. The number of ketones is 1. The van der Waals surface area contributed by atoms with Gasteiger partial charge in [-0.05, 0) is 55.0 Å². The molecule has 0 saturated carbocycles. The lowest BCUT2D eigenvalue weighted by molar-refractivity contribution is -0.384. The Morgan fingerprint density at radius 1 is 1.06 bits per heavy atom. The lowest BCUT2D eigenvalue weighted by atomic mass is 10.1. The van der Waals surface area contributed by atoms with E-state index in [0.29, 0.717) is 27.3 Å². The number of hydrogen-bond acceptors (Lipinski definition) is 7. The lowest BCUT2D eigenvalue weighted by Crippen LogP contribution is -2.25. The van der Waals surface area contributed by atoms with Gasteiger partial charge in [0.15, 0.2) is 5.78 Å². The maximum absolute atomic E-state index is 13.3. The van der Waals surface area contributed by atoms with Gasteiger partial charge >= 0.3 is 0 Å². The van der Waals surface area contributed by atoms with Crippen LogP contribution >= 0.6 is 27.3 Å². The molecule has 3 aromatic carbocycles. The van der Waals surface area contributed by atoms with Crippen LogP contribution in [0.1, 0.15) is 33.2 Å². The van der Waals surface area contributed by atoms with Crippen LogP contribution in [0.15, 0.2) is 76.3 Å². The second-order valence-corrected chi connectivity index (χ2v) is 8.88. The number of benzene rings is 3. The molecule has 4 rings (SSSR count). The average Bonchev–Trinajstić information content (AvgIpc) is 3.22. The molecule has 33 heavy (non-hydrogen) atoms. The topological polar surface area (TPSA) is 106 Å². The number of thiazole rings is 1. The standard InChI is InChI=1S/C23H15BrN4O4S/c1-14(29)16-4-6-17(7-5-16)22(30)27(23-26-20-11-8-18(24)12-21(20)33-23)25-13-15-2-9-19(10-3-15)28(31)32/h2-13H,1H3/b25-13+. The van der Waals surface area contributed by atoms with Crippen LogP contribution < -0.4 is 5.01 Å². The number of nitrogens with zero attached hydrogens (tertiary/aromatic N) is 4. The quantitative estimate of drug-likeness (QED) is 0.136. The highest BCUT2D eigenvalue weighted by atomic mass is 79.9. The molecule has 1 aromatic heterocycles. The Morgan fingerprint density at radius 2 is 1.73 bits per heavy atom. The van der Waals surface area contributed by atoms with Crippen LogP contribution in [0.2, 0.25) is 0 Å². The normalized spacial score (nSPS) is 11.1. The van der Waals surface area contributed by atoms with Crippen molar-refractivity contribution in [2.24, 2.45) is 5.10 Å². The van der Waals surface area contributed by atoms with Crippen molar-refractivity contribution in [3.8, 4) is 0 Å². The molecule has 164 valence electrons. The number of carbonyl (C=O) groups excluding carboxylic acids is 2. The first-order valence-corrected chi connectivity index (χ1v) is 11.2. The van der Waals surface area contributed by atoms with Crippen LogP contribution in [-0.4, -0.2) is 27.8 Å². The van der Waals surface area contributed by atoms with Gasteiger partial charge in [0.1, 0.15) is 0 Å². The third-order valence-electron chi connectivity index (χ3n) is 4.68. The van der Waals surface area contributed by atoms with E-state index in [1.54, 1.807) is 36.4 Å². The number of hydrogen-bond donors (Lipinski definition) is 0. The van der Waals surface area contributed by atoms with E-state index < -0.39 is 10.8 Å². The van der Waals surface area contributed by atoms with Gasteiger partial charge in [0.25, 0.3) is 11.6 Å². The van der Waals surface area contributed by atoms with Crippen LogP contribution in [-0.2, 0) is 0 Å². The zero-order valence-corrected chi connectivity index (χ0v) is 19.5. The summed E-state index contributed by atoms with van der Waals surface area (Å²) in [6.45, 7) is 1.46. The molecule has 1 heterocycles. The van der Waals surface area contributed by atoms with Crippen molar-refractivity contribution in [1.29, 1.82) is 0 Å². The summed E-state index contributed by atoms with van der Waals surface area (Å²) in [4.78, 5) is 39.8. The summed E-state index contributed by atoms with van der Waals surface area (Å²) in [5, 5.41) is 16.8. The first-order chi connectivity index (χ1) is 15.8. The fourth-order valence-electron chi connectivity index (χ4n) is 2.94. The number of nitro benzene ring substituents is 1. The molecule has 0 saturated heterocycles. The van der Waals surface area contributed by atoms with Crippen molar-refractivity contribution in [2.45, 2.75) is 6.92 Å². The summed E-state index contributed by atoms with van der Waals surface area (Å²) in [7, 11) is 0. The van der Waals surface area contributed by atoms with Crippen LogP contribution in [0.25, 0.3) is 10.2 Å². The number of non-ortho nitro benzene ring substituents is 1. The highest BCUT2D eigenvalue weighted by Crippen LogP contribution is 2.32. The third-order valence-corrected chi connectivity index (χ3v) is 6.16. The van der Waals surface area contributed by atoms with Crippen molar-refractivity contribution in [3.05, 3.63) is 98.0 Å². The van der Waals surface area contributed by atoms with Crippen LogP contribution in [0.4, 0.5) is 10.8 Å². The van der Waals surface area contributed by atoms with Gasteiger partial charge in [0.05, 0.1) is 21.4 Å². The van der Waals surface area contributed by atoms with Gasteiger partial charge < -0.3 is 0 Å². The van der Waals surface area contributed by atoms with Crippen LogP contribution in [0.5, 0.6) is 0 Å². The summed E-state index contributed by atoms with van der Waals surface area (Å²) in [6.07, 6.45) is 1.44. The number of rotatable bonds is 6. The number of hydrazone groups is 1. The average molecular weight is 523 g/mol. The van der Waals surface area contributed by atoms with E-state index in [9.17, 15) is 19.7 Å². The molecule has 4 aromatic rings. The van der Waals surface area contributed by atoms with Crippen LogP contribution in [0, 0.1) is 10.1 Å². The molecular formula is C23H15BrN4O4S. The number of halogens is 1. The highest BCUT2D eigenvalue weighted by Gasteiger charge is 2.21. The number of anilines is 1. The largest absolute Gasteiger partial charge is 0.295 e. The number of nitro groups is 1. The first kappa shape index (κ1) is 22.4. The second-order valence-electron chi connectivity index (χ2n) is 6.95. The number of amides is 1. The Balaban J connectivity index is 1.72. The van der Waals surface area contributed by atoms with Gasteiger partial charge in [-0.3, -0.25) is 19.7 Å². The van der Waals surface area contributed by atoms with Crippen molar-refractivity contribution in [3.63, 3.8) is 0 Å². The zero-order valence-electron chi connectivity index (χ0n) is 17.1. The minimum Gasteiger partial charge on any atom is -0.295 e. The molecule has 1 amide bonds. The molecule has 0 bridgehead atoms. The van der Waals surface area contributed by atoms with Crippen molar-refractivity contribution >= 4 is 66.2 Å². The van der Waals surface area contributed by atoms with E-state index in [2.05, 4.69) is 26.0 Å². The molecule has 10 heteroatoms. The Hall–Kier alpha value is -3.76. The van der Waals surface area contributed by atoms with E-state index in [0.717, 1.165) is 9.17 Å². The molecule has 0 atom stereocenters. The number of aromatic nitrogens is 1. The maximum atomic E-state index is 13.3. The molecule has 0 radical (unpaired) electrons. The molecule has 0 spiro atoms. The smallest absolute Gasteiger partial charge is 0.280 e. The van der Waals surface area contributed by atoms with Crippen molar-refractivity contribution in [1.82, 2.24) is 4.98 Å². The SMILES string of the molecule is CC(=O)c1ccc(C(=O)N(/N=C/c2ccc([N+](=O)[O-])cc2)c2nc3ccc(Br)cc3s2)cc1. The molecule has 0 unspecified atom stereocenters. The fraction of sp³-hybridized carbons (Fsp3) is 0.0435. The minimum absolute atomic E-state index is 0.0395. The fourth-order valence-corrected chi connectivity index (χ4v) is 4.42. The third kappa shape index (κ3) is 5.02. The van der Waals surface area contributed by atoms with E-state index in [-0.39, 0.29) is 11.5 Å². The lowest BCUT2D eigenvalue weighted by Gasteiger charge is -2.14. The molecule has 0 aliphatic rings. The summed E-state index contributed by atoms with van der Waals surface area (Å²) in [6, 6.07) is 17.7. The van der Waals surface area contributed by atoms with Gasteiger partial charge in [0.2, 0.25) is 5.13 Å². The van der Waals surface area contributed by atoms with Crippen LogP contribution in [0.3, 0.4) is 0 Å². The molecule has 0 N–H and O–H groups in total.